The van der Waals surface area contributed by atoms with Gasteiger partial charge in [0.25, 0.3) is 5.91 Å². The first-order valence-corrected chi connectivity index (χ1v) is 16.4. The summed E-state index contributed by atoms with van der Waals surface area (Å²) in [6.45, 7) is 17.7. The molecule has 0 spiro atoms. The second-order valence-corrected chi connectivity index (χ2v) is 11.4. The number of allylic oxidation sites excluding steroid dienone is 3. The van der Waals surface area contributed by atoms with Crippen molar-refractivity contribution in [3.8, 4) is 5.75 Å². The Labute approximate surface area is 261 Å². The van der Waals surface area contributed by atoms with Crippen LogP contribution in [-0.2, 0) is 6.54 Å². The zero-order chi connectivity index (χ0) is 31.5. The molecule has 3 saturated heterocycles. The number of ether oxygens (including phenoxy) is 1. The predicted octanol–water partition coefficient (Wildman–Crippen LogP) is 5.68. The molecule has 1 amide bonds. The first-order valence-electron chi connectivity index (χ1n) is 16.4. The molecule has 0 bridgehead atoms. The van der Waals surface area contributed by atoms with E-state index in [4.69, 9.17) is 4.74 Å². The fourth-order valence-electron chi connectivity index (χ4n) is 6.68. The zero-order valence-corrected chi connectivity index (χ0v) is 26.7. The summed E-state index contributed by atoms with van der Waals surface area (Å²) in [5, 5.41) is 3.43. The SMILES string of the molecule is C=C.CC.O=C(c1cn2c3c(c(NCCN4CCCC4)c(F)cc3c1=O)OC/C=C\C=C/C2)N1CCC(N2CCCC2)CC1. The van der Waals surface area contributed by atoms with Gasteiger partial charge in [-0.25, -0.2) is 4.39 Å². The molecule has 0 atom stereocenters. The van der Waals surface area contributed by atoms with E-state index in [2.05, 4.69) is 28.3 Å². The Hall–Kier alpha value is -3.43. The second kappa shape index (κ2) is 16.6. The topological polar surface area (TPSA) is 70.0 Å². The summed E-state index contributed by atoms with van der Waals surface area (Å²) in [7, 11) is 0. The summed E-state index contributed by atoms with van der Waals surface area (Å²) in [5.74, 6) is -0.494. The number of nitrogens with one attached hydrogen (secondary N) is 1. The molecule has 0 aliphatic carbocycles. The van der Waals surface area contributed by atoms with Crippen LogP contribution in [0.1, 0.15) is 62.7 Å². The van der Waals surface area contributed by atoms with Gasteiger partial charge >= 0.3 is 0 Å². The quantitative estimate of drug-likeness (QED) is 0.426. The Morgan fingerprint density at radius 1 is 1.00 bits per heavy atom. The van der Waals surface area contributed by atoms with Crippen molar-refractivity contribution in [3.63, 3.8) is 0 Å². The molecule has 0 unspecified atom stereocenters. The minimum absolute atomic E-state index is 0.0909. The van der Waals surface area contributed by atoms with Gasteiger partial charge in [0.05, 0.1) is 10.9 Å². The lowest BCUT2D eigenvalue weighted by Gasteiger charge is -2.36. The molecule has 240 valence electrons. The van der Waals surface area contributed by atoms with Crippen LogP contribution < -0.4 is 15.5 Å². The molecular weight excluding hydrogens is 557 g/mol. The Morgan fingerprint density at radius 2 is 1.66 bits per heavy atom. The van der Waals surface area contributed by atoms with Crippen molar-refractivity contribution in [1.82, 2.24) is 19.3 Å². The van der Waals surface area contributed by atoms with Crippen molar-refractivity contribution < 1.29 is 13.9 Å². The fraction of sp³-hybridized carbons (Fsp3) is 0.543. The molecule has 1 N–H and O–H groups in total. The van der Waals surface area contributed by atoms with E-state index in [1.807, 2.05) is 42.7 Å². The first kappa shape index (κ1) is 33.5. The molecule has 6 rings (SSSR count). The van der Waals surface area contributed by atoms with Gasteiger partial charge in [-0.3, -0.25) is 9.59 Å². The number of hydrogen-bond donors (Lipinski definition) is 1. The summed E-state index contributed by atoms with van der Waals surface area (Å²) in [6.07, 6.45) is 16.0. The Bertz CT molecular complexity index is 1370. The monoisotopic (exact) mass is 607 g/mol. The van der Waals surface area contributed by atoms with Gasteiger partial charge in [-0.2, -0.15) is 0 Å². The van der Waals surface area contributed by atoms with Crippen LogP contribution in [0.2, 0.25) is 0 Å². The van der Waals surface area contributed by atoms with E-state index in [9.17, 15) is 9.59 Å². The van der Waals surface area contributed by atoms with Crippen LogP contribution in [-0.4, -0.2) is 90.2 Å². The number of rotatable bonds is 6. The lowest BCUT2D eigenvalue weighted by atomic mass is 10.0. The third-order valence-electron chi connectivity index (χ3n) is 8.85. The van der Waals surface area contributed by atoms with Crippen LogP contribution in [0.15, 0.2) is 54.5 Å². The number of aromatic nitrogens is 1. The molecule has 0 saturated carbocycles. The molecule has 1 aromatic heterocycles. The number of nitrogens with zero attached hydrogens (tertiary/aromatic N) is 4. The molecule has 5 heterocycles. The van der Waals surface area contributed by atoms with Crippen LogP contribution in [0.3, 0.4) is 0 Å². The van der Waals surface area contributed by atoms with E-state index in [0.29, 0.717) is 43.5 Å². The van der Waals surface area contributed by atoms with Crippen LogP contribution >= 0.6 is 0 Å². The third kappa shape index (κ3) is 7.61. The molecule has 4 aliphatic heterocycles. The standard InChI is InChI=1S/C31H40FN5O3.C2H6.C2H4/c32-26-21-24-28-30(27(26)33-11-19-34-12-4-5-13-34)40-20-8-2-1-3-16-37(28)22-25(29(24)38)31(39)36-17-9-23(10-18-36)35-14-6-7-15-35;2*1-2/h1-3,8,21-23,33H,4-7,9-20H2;1-2H3;1-2H2/b3-1-,8-2-;;. The van der Waals surface area contributed by atoms with Crippen molar-refractivity contribution in [3.05, 3.63) is 71.3 Å². The Morgan fingerprint density at radius 3 is 2.36 bits per heavy atom. The summed E-state index contributed by atoms with van der Waals surface area (Å²) in [6, 6.07) is 1.79. The number of benzene rings is 1. The van der Waals surface area contributed by atoms with Crippen molar-refractivity contribution in [2.24, 2.45) is 0 Å². The molecule has 4 aliphatic rings. The number of carbonyl (C=O) groups excluding carboxylic acids is 1. The Balaban J connectivity index is 0.00000106. The molecule has 2 aromatic rings. The number of anilines is 1. The minimum Gasteiger partial charge on any atom is -0.485 e. The number of halogens is 1. The van der Waals surface area contributed by atoms with E-state index in [0.717, 1.165) is 45.6 Å². The average Bonchev–Trinajstić information content (AvgIpc) is 3.80. The molecule has 3 fully saturated rings. The number of carbonyl (C=O) groups is 1. The number of likely N-dealkylation sites (tertiary alicyclic amines) is 3. The second-order valence-electron chi connectivity index (χ2n) is 11.4. The maximum absolute atomic E-state index is 15.7. The molecule has 8 nitrogen and oxygen atoms in total. The normalized spacial score (nSPS) is 20.6. The molecule has 1 aromatic carbocycles. The van der Waals surface area contributed by atoms with Crippen molar-refractivity contribution in [1.29, 1.82) is 0 Å². The van der Waals surface area contributed by atoms with Gasteiger partial charge in [0, 0.05) is 45.0 Å². The number of amides is 1. The summed E-state index contributed by atoms with van der Waals surface area (Å²) < 4.78 is 23.6. The van der Waals surface area contributed by atoms with E-state index in [-0.39, 0.29) is 29.2 Å². The number of hydrogen-bond acceptors (Lipinski definition) is 6. The van der Waals surface area contributed by atoms with Crippen molar-refractivity contribution in [2.75, 3.05) is 64.3 Å². The van der Waals surface area contributed by atoms with Gasteiger partial charge in [0.2, 0.25) is 5.43 Å². The highest BCUT2D eigenvalue weighted by Crippen LogP contribution is 2.36. The maximum Gasteiger partial charge on any atom is 0.259 e. The van der Waals surface area contributed by atoms with E-state index < -0.39 is 11.2 Å². The average molecular weight is 608 g/mol. The Kier molecular flexibility index (Phi) is 12.6. The maximum atomic E-state index is 15.7. The van der Waals surface area contributed by atoms with Crippen molar-refractivity contribution in [2.45, 2.75) is 65.0 Å². The number of pyridine rings is 1. The fourth-order valence-corrected chi connectivity index (χ4v) is 6.68. The van der Waals surface area contributed by atoms with Crippen LogP contribution in [0.25, 0.3) is 10.9 Å². The van der Waals surface area contributed by atoms with Gasteiger partial charge in [0.1, 0.15) is 17.9 Å². The largest absolute Gasteiger partial charge is 0.485 e. The predicted molar refractivity (Wildman–Crippen MR) is 178 cm³/mol. The van der Waals surface area contributed by atoms with Gasteiger partial charge in [-0.15, -0.1) is 13.2 Å². The molecule has 44 heavy (non-hydrogen) atoms. The number of piperidine rings is 1. The highest BCUT2D eigenvalue weighted by molar-refractivity contribution is 5.99. The smallest absolute Gasteiger partial charge is 0.259 e. The zero-order valence-electron chi connectivity index (χ0n) is 26.7. The summed E-state index contributed by atoms with van der Waals surface area (Å²) >= 11 is 0. The van der Waals surface area contributed by atoms with Crippen LogP contribution in [0.4, 0.5) is 10.1 Å². The first-order chi connectivity index (χ1) is 21.6. The highest BCUT2D eigenvalue weighted by atomic mass is 19.1. The third-order valence-corrected chi connectivity index (χ3v) is 8.85. The van der Waals surface area contributed by atoms with E-state index in [1.165, 1.54) is 31.7 Å². The van der Waals surface area contributed by atoms with Crippen molar-refractivity contribution >= 4 is 22.5 Å². The summed E-state index contributed by atoms with van der Waals surface area (Å²) in [4.78, 5) is 34.2. The lowest BCUT2D eigenvalue weighted by Crippen LogP contribution is -2.46. The van der Waals surface area contributed by atoms with Gasteiger partial charge in [0.15, 0.2) is 11.6 Å². The van der Waals surface area contributed by atoms with Crippen LogP contribution in [0, 0.1) is 5.82 Å². The minimum atomic E-state index is -0.542. The molecule has 9 heteroatoms. The van der Waals surface area contributed by atoms with Gasteiger partial charge < -0.3 is 29.3 Å². The highest BCUT2D eigenvalue weighted by Gasteiger charge is 2.31. The lowest BCUT2D eigenvalue weighted by molar-refractivity contribution is 0.0642. The van der Waals surface area contributed by atoms with E-state index in [1.54, 1.807) is 11.1 Å². The van der Waals surface area contributed by atoms with Gasteiger partial charge in [-0.1, -0.05) is 32.1 Å². The molecular formula is C35H50FN5O3. The van der Waals surface area contributed by atoms with Gasteiger partial charge in [-0.05, 0) is 76.8 Å². The van der Waals surface area contributed by atoms with Crippen LogP contribution in [0.5, 0.6) is 5.75 Å². The molecule has 0 radical (unpaired) electrons. The van der Waals surface area contributed by atoms with E-state index >= 15 is 4.39 Å². The summed E-state index contributed by atoms with van der Waals surface area (Å²) in [5.41, 5.74) is 0.426.